The Balaban J connectivity index is 1.41. The van der Waals surface area contributed by atoms with Crippen LogP contribution in [0.25, 0.3) is 0 Å². The van der Waals surface area contributed by atoms with Crippen molar-refractivity contribution in [3.8, 4) is 0 Å². The van der Waals surface area contributed by atoms with Crippen LogP contribution in [-0.2, 0) is 0 Å². The summed E-state index contributed by atoms with van der Waals surface area (Å²) in [5, 5.41) is 13.2. The maximum Gasteiger partial charge on any atom is 0.134 e. The minimum atomic E-state index is 0.167. The zero-order valence-corrected chi connectivity index (χ0v) is 17.0. The van der Waals surface area contributed by atoms with Gasteiger partial charge >= 0.3 is 0 Å². The largest absolute Gasteiger partial charge is 0.394 e. The van der Waals surface area contributed by atoms with Crippen LogP contribution in [0, 0.1) is 0 Å². The predicted molar refractivity (Wildman–Crippen MR) is 112 cm³/mol. The summed E-state index contributed by atoms with van der Waals surface area (Å²) < 4.78 is 1.10. The minimum Gasteiger partial charge on any atom is -0.394 e. The van der Waals surface area contributed by atoms with Crippen LogP contribution in [0.4, 0.5) is 17.3 Å². The van der Waals surface area contributed by atoms with Crippen LogP contribution >= 0.6 is 15.9 Å². The van der Waals surface area contributed by atoms with Gasteiger partial charge in [0.15, 0.2) is 0 Å². The first-order valence-corrected chi connectivity index (χ1v) is 10.5. The number of aliphatic hydroxyl groups excluding tert-OH is 1. The summed E-state index contributed by atoms with van der Waals surface area (Å²) in [5.41, 5.74) is 1.25. The molecule has 1 aromatic carbocycles. The van der Waals surface area contributed by atoms with E-state index in [-0.39, 0.29) is 12.6 Å². The van der Waals surface area contributed by atoms with Crippen molar-refractivity contribution >= 4 is 33.3 Å². The number of anilines is 3. The van der Waals surface area contributed by atoms with Crippen molar-refractivity contribution in [2.75, 3.05) is 41.4 Å². The van der Waals surface area contributed by atoms with E-state index in [1.54, 1.807) is 6.33 Å². The van der Waals surface area contributed by atoms with Gasteiger partial charge in [0.25, 0.3) is 0 Å². The Morgan fingerprint density at radius 2 is 1.96 bits per heavy atom. The molecule has 2 saturated heterocycles. The number of rotatable bonds is 5. The highest BCUT2D eigenvalue weighted by molar-refractivity contribution is 9.10. The summed E-state index contributed by atoms with van der Waals surface area (Å²) in [6.07, 6.45) is 6.05. The van der Waals surface area contributed by atoms with Crippen LogP contribution in [0.2, 0.25) is 0 Å². The van der Waals surface area contributed by atoms with E-state index in [0.29, 0.717) is 6.04 Å². The Labute approximate surface area is 168 Å². The monoisotopic (exact) mass is 431 g/mol. The zero-order valence-electron chi connectivity index (χ0n) is 15.4. The number of piperidine rings is 1. The number of hydrogen-bond donors (Lipinski definition) is 2. The molecule has 3 heterocycles. The molecule has 0 spiro atoms. The molecular formula is C20H26BrN5O. The molecule has 0 amide bonds. The quantitative estimate of drug-likeness (QED) is 0.756. The van der Waals surface area contributed by atoms with Gasteiger partial charge in [-0.3, -0.25) is 0 Å². The summed E-state index contributed by atoms with van der Waals surface area (Å²) in [6, 6.07) is 11.0. The second kappa shape index (κ2) is 8.44. The molecule has 2 unspecified atom stereocenters. The summed E-state index contributed by atoms with van der Waals surface area (Å²) in [7, 11) is 0. The molecule has 2 aliphatic rings. The van der Waals surface area contributed by atoms with Gasteiger partial charge < -0.3 is 20.2 Å². The fourth-order valence-electron chi connectivity index (χ4n) is 4.05. The number of nitrogens with one attached hydrogen (secondary N) is 1. The minimum absolute atomic E-state index is 0.167. The zero-order chi connectivity index (χ0) is 18.6. The van der Waals surface area contributed by atoms with Gasteiger partial charge in [-0.1, -0.05) is 15.9 Å². The van der Waals surface area contributed by atoms with Gasteiger partial charge in [0.05, 0.1) is 12.6 Å². The molecule has 2 aliphatic heterocycles. The SMILES string of the molecule is OCC1CCCCN1c1cc(NC2CCN(c3ccc(Br)cc3)C2)ncn1. The molecule has 4 rings (SSSR count). The van der Waals surface area contributed by atoms with Crippen molar-refractivity contribution < 1.29 is 5.11 Å². The van der Waals surface area contributed by atoms with Gasteiger partial charge in [0, 0.05) is 41.9 Å². The molecule has 0 radical (unpaired) electrons. The summed E-state index contributed by atoms with van der Waals surface area (Å²) in [6.45, 7) is 3.12. The maximum absolute atomic E-state index is 9.67. The second-order valence-corrected chi connectivity index (χ2v) is 8.26. The van der Waals surface area contributed by atoms with Crippen LogP contribution < -0.4 is 15.1 Å². The first-order chi connectivity index (χ1) is 13.2. The number of nitrogens with zero attached hydrogens (tertiary/aromatic N) is 4. The first kappa shape index (κ1) is 18.5. The van der Waals surface area contributed by atoms with Crippen molar-refractivity contribution in [2.45, 2.75) is 37.8 Å². The van der Waals surface area contributed by atoms with Crippen LogP contribution in [-0.4, -0.2) is 53.4 Å². The molecule has 2 fully saturated rings. The lowest BCUT2D eigenvalue weighted by atomic mass is 10.0. The number of aromatic nitrogens is 2. The Morgan fingerprint density at radius 3 is 2.78 bits per heavy atom. The van der Waals surface area contributed by atoms with Gasteiger partial charge in [-0.2, -0.15) is 0 Å². The molecule has 27 heavy (non-hydrogen) atoms. The van der Waals surface area contributed by atoms with Crippen LogP contribution in [0.15, 0.2) is 41.1 Å². The van der Waals surface area contributed by atoms with E-state index >= 15 is 0 Å². The summed E-state index contributed by atoms with van der Waals surface area (Å²) >= 11 is 3.49. The number of hydrogen-bond acceptors (Lipinski definition) is 6. The fraction of sp³-hybridized carbons (Fsp3) is 0.500. The van der Waals surface area contributed by atoms with E-state index in [0.717, 1.165) is 55.0 Å². The highest BCUT2D eigenvalue weighted by atomic mass is 79.9. The lowest BCUT2D eigenvalue weighted by Gasteiger charge is -2.35. The average molecular weight is 432 g/mol. The standard InChI is InChI=1S/C20H26BrN5O/c21-15-4-6-17(7-5-15)25-10-8-16(12-25)24-19-11-20(23-14-22-19)26-9-2-1-3-18(26)13-27/h4-7,11,14,16,18,27H,1-3,8-10,12-13H2,(H,22,23,24). The molecular weight excluding hydrogens is 406 g/mol. The molecule has 1 aromatic heterocycles. The molecule has 6 nitrogen and oxygen atoms in total. The predicted octanol–water partition coefficient (Wildman–Crippen LogP) is 3.28. The first-order valence-electron chi connectivity index (χ1n) is 9.69. The fourth-order valence-corrected chi connectivity index (χ4v) is 4.31. The Bertz CT molecular complexity index is 756. The van der Waals surface area contributed by atoms with Gasteiger partial charge in [-0.15, -0.1) is 0 Å². The van der Waals surface area contributed by atoms with Crippen molar-refractivity contribution in [3.05, 3.63) is 41.1 Å². The van der Waals surface area contributed by atoms with Gasteiger partial charge in [0.2, 0.25) is 0 Å². The van der Waals surface area contributed by atoms with Crippen LogP contribution in [0.1, 0.15) is 25.7 Å². The molecule has 144 valence electrons. The lowest BCUT2D eigenvalue weighted by Crippen LogP contribution is -2.42. The Hall–Kier alpha value is -1.86. The second-order valence-electron chi connectivity index (χ2n) is 7.34. The molecule has 0 bridgehead atoms. The Morgan fingerprint density at radius 1 is 1.11 bits per heavy atom. The Kier molecular flexibility index (Phi) is 5.78. The maximum atomic E-state index is 9.67. The third-order valence-electron chi connectivity index (χ3n) is 5.52. The summed E-state index contributed by atoms with van der Waals surface area (Å²) in [5.74, 6) is 1.78. The van der Waals surface area contributed by atoms with E-state index in [1.165, 1.54) is 12.1 Å². The van der Waals surface area contributed by atoms with Crippen molar-refractivity contribution in [2.24, 2.45) is 0 Å². The molecule has 7 heteroatoms. The van der Waals surface area contributed by atoms with E-state index in [9.17, 15) is 5.11 Å². The van der Waals surface area contributed by atoms with E-state index in [4.69, 9.17) is 0 Å². The highest BCUT2D eigenvalue weighted by Gasteiger charge is 2.25. The molecule has 0 aliphatic carbocycles. The van der Waals surface area contributed by atoms with Crippen LogP contribution in [0.3, 0.4) is 0 Å². The van der Waals surface area contributed by atoms with Crippen LogP contribution in [0.5, 0.6) is 0 Å². The molecule has 2 atom stereocenters. The smallest absolute Gasteiger partial charge is 0.134 e. The lowest BCUT2D eigenvalue weighted by molar-refractivity contribution is 0.239. The topological polar surface area (TPSA) is 64.5 Å². The third-order valence-corrected chi connectivity index (χ3v) is 6.05. The van der Waals surface area contributed by atoms with Crippen molar-refractivity contribution in [3.63, 3.8) is 0 Å². The summed E-state index contributed by atoms with van der Waals surface area (Å²) in [4.78, 5) is 13.5. The van der Waals surface area contributed by atoms with Gasteiger partial charge in [-0.05, 0) is 49.9 Å². The van der Waals surface area contributed by atoms with E-state index < -0.39 is 0 Å². The van der Waals surface area contributed by atoms with Gasteiger partial charge in [0.1, 0.15) is 18.0 Å². The third kappa shape index (κ3) is 4.35. The molecule has 2 N–H and O–H groups in total. The van der Waals surface area contributed by atoms with Crippen molar-refractivity contribution in [1.29, 1.82) is 0 Å². The van der Waals surface area contributed by atoms with E-state index in [2.05, 4.69) is 65.3 Å². The van der Waals surface area contributed by atoms with Crippen molar-refractivity contribution in [1.82, 2.24) is 9.97 Å². The number of halogens is 1. The number of benzene rings is 1. The molecule has 0 saturated carbocycles. The normalized spacial score (nSPS) is 22.9. The van der Waals surface area contributed by atoms with Gasteiger partial charge in [-0.25, -0.2) is 9.97 Å². The average Bonchev–Trinajstić information content (AvgIpc) is 3.17. The molecule has 2 aromatic rings. The number of aliphatic hydroxyl groups is 1. The highest BCUT2D eigenvalue weighted by Crippen LogP contribution is 2.26. The van der Waals surface area contributed by atoms with E-state index in [1.807, 2.05) is 6.07 Å².